The quantitative estimate of drug-likeness (QED) is 0.144. The van der Waals surface area contributed by atoms with Gasteiger partial charge in [0.05, 0.1) is 17.6 Å². The Morgan fingerprint density at radius 2 is 1.59 bits per heavy atom. The van der Waals surface area contributed by atoms with E-state index in [1.54, 1.807) is 24.3 Å². The van der Waals surface area contributed by atoms with E-state index in [9.17, 15) is 24.6 Å². The summed E-state index contributed by atoms with van der Waals surface area (Å²) in [5, 5.41) is 29.1. The molecule has 278 valence electrons. The molecule has 4 saturated carbocycles. The van der Waals surface area contributed by atoms with Crippen LogP contribution in [0.5, 0.6) is 0 Å². The Morgan fingerprint density at radius 1 is 0.882 bits per heavy atom. The van der Waals surface area contributed by atoms with Crippen molar-refractivity contribution in [1.82, 2.24) is 10.6 Å². The highest BCUT2D eigenvalue weighted by atomic mass is 16.4. The minimum absolute atomic E-state index is 0.0188. The number of carbonyl (C=O) groups excluding carboxylic acids is 2. The maximum atomic E-state index is 14.4. The number of benzene rings is 1. The zero-order valence-electron chi connectivity index (χ0n) is 31.9. The second-order valence-corrected chi connectivity index (χ2v) is 19.3. The molecular weight excluding hydrogens is 640 g/mol. The fraction of sp³-hybridized carbons (Fsp3) is 0.698. The van der Waals surface area contributed by atoms with Gasteiger partial charge >= 0.3 is 5.63 Å². The van der Waals surface area contributed by atoms with Gasteiger partial charge in [-0.25, -0.2) is 4.79 Å². The fourth-order valence-corrected chi connectivity index (χ4v) is 12.8. The van der Waals surface area contributed by atoms with Crippen LogP contribution < -0.4 is 16.3 Å². The van der Waals surface area contributed by atoms with Crippen molar-refractivity contribution in [3.63, 3.8) is 0 Å². The number of fused-ring (bicyclic) bond motifs is 8. The number of amides is 2. The van der Waals surface area contributed by atoms with Gasteiger partial charge < -0.3 is 25.3 Å². The first kappa shape index (κ1) is 36.4. The summed E-state index contributed by atoms with van der Waals surface area (Å²) in [6.45, 7) is 17.2. The van der Waals surface area contributed by atoms with E-state index < -0.39 is 29.2 Å². The van der Waals surface area contributed by atoms with Crippen LogP contribution in [0.15, 0.2) is 51.2 Å². The molecular formula is C43H60N2O6. The summed E-state index contributed by atoms with van der Waals surface area (Å²) in [4.78, 5) is 39.8. The SMILES string of the molecule is CC1(C)CC[C@]2(C(=O)NCCCNC(=O)c3cc4ccccc4oc3=O)CC[C@]3(C)C(=CC[C@@H]4[C@@]5(C)C[C@@H](O)[C@H](O)C(C)(C)[C@@H]5CC[C@]43C)[C@@H]2C1. The van der Waals surface area contributed by atoms with Crippen molar-refractivity contribution in [2.24, 2.45) is 50.2 Å². The molecule has 7 rings (SSSR count). The molecule has 2 aromatic rings. The standard InChI is InChI=1S/C43H60N2O6/c1-38(2)17-19-43(37(50)45-22-10-21-44-35(48)27-23-26-11-8-9-12-31(26)51-36(27)49)20-18-41(6)28(29(43)24-38)13-14-33-40(5)25-30(46)34(47)39(3,4)32(40)15-16-42(33,41)7/h8-9,11-13,23,29-30,32-34,46-47H,10,14-22,24-25H2,1-7H3,(H,44,48)(H,45,50)/t29-,30+,32-,33+,34-,40-,41+,42+,43-/m0/s1. The molecule has 8 heteroatoms. The summed E-state index contributed by atoms with van der Waals surface area (Å²) >= 11 is 0. The van der Waals surface area contributed by atoms with Crippen LogP contribution in [0, 0.1) is 50.2 Å². The highest BCUT2D eigenvalue weighted by molar-refractivity contribution is 5.96. The zero-order chi connectivity index (χ0) is 36.8. The number of allylic oxidation sites excluding steroid dienone is 2. The summed E-state index contributed by atoms with van der Waals surface area (Å²) in [5.74, 6) is 0.582. The Balaban J connectivity index is 1.07. The molecule has 0 spiro atoms. The lowest BCUT2D eigenvalue weighted by molar-refractivity contribution is -0.231. The topological polar surface area (TPSA) is 129 Å². The van der Waals surface area contributed by atoms with Crippen molar-refractivity contribution >= 4 is 22.8 Å². The first-order chi connectivity index (χ1) is 23.9. The van der Waals surface area contributed by atoms with Gasteiger partial charge in [-0.05, 0) is 121 Å². The summed E-state index contributed by atoms with van der Waals surface area (Å²) in [6, 6.07) is 8.69. The maximum absolute atomic E-state index is 14.4. The largest absolute Gasteiger partial charge is 0.422 e. The first-order valence-electron chi connectivity index (χ1n) is 19.6. The molecule has 0 unspecified atom stereocenters. The molecule has 5 aliphatic rings. The minimum Gasteiger partial charge on any atom is -0.422 e. The van der Waals surface area contributed by atoms with Crippen molar-refractivity contribution in [3.05, 3.63) is 58.0 Å². The molecule has 4 N–H and O–H groups in total. The van der Waals surface area contributed by atoms with Crippen LogP contribution in [0.25, 0.3) is 11.0 Å². The Kier molecular flexibility index (Phi) is 8.77. The van der Waals surface area contributed by atoms with Crippen molar-refractivity contribution in [2.75, 3.05) is 13.1 Å². The van der Waals surface area contributed by atoms with E-state index in [0.717, 1.165) is 51.4 Å². The molecule has 2 amide bonds. The van der Waals surface area contributed by atoms with Crippen molar-refractivity contribution < 1.29 is 24.2 Å². The molecule has 1 aromatic carbocycles. The highest BCUT2D eigenvalue weighted by Gasteiger charge is 2.70. The van der Waals surface area contributed by atoms with E-state index >= 15 is 0 Å². The number of aliphatic hydroxyl groups excluding tert-OH is 2. The number of aliphatic hydroxyl groups is 2. The monoisotopic (exact) mass is 700 g/mol. The minimum atomic E-state index is -0.713. The number of carbonyl (C=O) groups is 2. The fourth-order valence-electron chi connectivity index (χ4n) is 12.8. The van der Waals surface area contributed by atoms with Crippen LogP contribution in [0.3, 0.4) is 0 Å². The maximum Gasteiger partial charge on any atom is 0.349 e. The highest BCUT2D eigenvalue weighted by Crippen LogP contribution is 2.75. The van der Waals surface area contributed by atoms with Crippen LogP contribution in [0.2, 0.25) is 0 Å². The second kappa shape index (κ2) is 12.3. The van der Waals surface area contributed by atoms with Crippen molar-refractivity contribution in [2.45, 2.75) is 125 Å². The molecule has 1 heterocycles. The lowest BCUT2D eigenvalue weighted by Gasteiger charge is -2.71. The molecule has 9 atom stereocenters. The van der Waals surface area contributed by atoms with E-state index in [-0.39, 0.29) is 44.5 Å². The number of hydrogen-bond donors (Lipinski definition) is 4. The summed E-state index contributed by atoms with van der Waals surface area (Å²) < 4.78 is 5.33. The first-order valence-corrected chi connectivity index (χ1v) is 19.6. The zero-order valence-corrected chi connectivity index (χ0v) is 31.9. The summed E-state index contributed by atoms with van der Waals surface area (Å²) in [6.07, 6.45) is 10.1. The third-order valence-electron chi connectivity index (χ3n) is 15.8. The molecule has 51 heavy (non-hydrogen) atoms. The van der Waals surface area contributed by atoms with Gasteiger partial charge in [-0.2, -0.15) is 0 Å². The second-order valence-electron chi connectivity index (χ2n) is 19.3. The third-order valence-corrected chi connectivity index (χ3v) is 15.8. The van der Waals surface area contributed by atoms with Crippen molar-refractivity contribution in [1.29, 1.82) is 0 Å². The molecule has 0 saturated heterocycles. The average molecular weight is 701 g/mol. The Morgan fingerprint density at radius 3 is 2.35 bits per heavy atom. The van der Waals surface area contributed by atoms with E-state index in [1.165, 1.54) is 5.57 Å². The van der Waals surface area contributed by atoms with Gasteiger partial charge in [-0.3, -0.25) is 9.59 Å². The Labute approximate surface area is 303 Å². The van der Waals surface area contributed by atoms with Gasteiger partial charge in [-0.15, -0.1) is 0 Å². The lowest BCUT2D eigenvalue weighted by Crippen LogP contribution is -2.67. The molecule has 0 aliphatic heterocycles. The van der Waals surface area contributed by atoms with Crippen LogP contribution >= 0.6 is 0 Å². The van der Waals surface area contributed by atoms with Crippen LogP contribution in [-0.4, -0.2) is 47.3 Å². The van der Waals surface area contributed by atoms with Crippen LogP contribution in [0.4, 0.5) is 0 Å². The lowest BCUT2D eigenvalue weighted by atomic mass is 9.33. The number of nitrogens with one attached hydrogen (secondary N) is 2. The van der Waals surface area contributed by atoms with Crippen LogP contribution in [-0.2, 0) is 4.79 Å². The van der Waals surface area contributed by atoms with Gasteiger partial charge in [0.15, 0.2) is 0 Å². The van der Waals surface area contributed by atoms with Gasteiger partial charge in [0.1, 0.15) is 11.1 Å². The van der Waals surface area contributed by atoms with Crippen molar-refractivity contribution in [3.8, 4) is 0 Å². The molecule has 1 aromatic heterocycles. The molecule has 5 aliphatic carbocycles. The predicted octanol–water partition coefficient (Wildman–Crippen LogP) is 7.16. The smallest absolute Gasteiger partial charge is 0.349 e. The van der Waals surface area contributed by atoms with E-state index in [2.05, 4.69) is 65.2 Å². The third kappa shape index (κ3) is 5.47. The molecule has 4 fully saturated rings. The summed E-state index contributed by atoms with van der Waals surface area (Å²) in [5.41, 5.74) is 0.514. The van der Waals surface area contributed by atoms with Crippen LogP contribution in [0.1, 0.15) is 123 Å². The molecule has 0 bridgehead atoms. The van der Waals surface area contributed by atoms with Gasteiger partial charge in [0.2, 0.25) is 5.91 Å². The molecule has 0 radical (unpaired) electrons. The molecule has 8 nitrogen and oxygen atoms in total. The average Bonchev–Trinajstić information content (AvgIpc) is 3.06. The normalized spacial score (nSPS) is 39.4. The van der Waals surface area contributed by atoms with E-state index in [0.29, 0.717) is 48.7 Å². The predicted molar refractivity (Wildman–Crippen MR) is 199 cm³/mol. The number of para-hydroxylation sites is 1. The van der Waals surface area contributed by atoms with E-state index in [4.69, 9.17) is 4.42 Å². The summed E-state index contributed by atoms with van der Waals surface area (Å²) in [7, 11) is 0. The number of hydrogen-bond acceptors (Lipinski definition) is 6. The Hall–Kier alpha value is -2.97. The van der Waals surface area contributed by atoms with Gasteiger partial charge in [-0.1, -0.05) is 78.3 Å². The number of rotatable bonds is 6. The Bertz CT molecular complexity index is 1810. The van der Waals surface area contributed by atoms with Gasteiger partial charge in [0, 0.05) is 18.5 Å². The van der Waals surface area contributed by atoms with Gasteiger partial charge in [0.25, 0.3) is 5.91 Å². The van der Waals surface area contributed by atoms with E-state index in [1.807, 2.05) is 6.07 Å².